The molecule has 0 atom stereocenters. The molecule has 40 heavy (non-hydrogen) atoms. The maximum Gasteiger partial charge on any atom is 0.257 e. The second-order valence-electron chi connectivity index (χ2n) is 11.5. The van der Waals surface area contributed by atoms with Crippen molar-refractivity contribution in [3.8, 4) is 11.6 Å². The van der Waals surface area contributed by atoms with Crippen LogP contribution >= 0.6 is 0 Å². The second-order valence-corrected chi connectivity index (χ2v) is 11.5. The number of benzene rings is 1. The lowest BCUT2D eigenvalue weighted by Crippen LogP contribution is -2.39. The molecule has 4 heterocycles. The van der Waals surface area contributed by atoms with Crippen LogP contribution in [0.4, 0.5) is 15.8 Å². The van der Waals surface area contributed by atoms with Crippen LogP contribution in [0, 0.1) is 5.82 Å². The van der Waals surface area contributed by atoms with Crippen molar-refractivity contribution in [2.75, 3.05) is 56.7 Å². The van der Waals surface area contributed by atoms with Crippen LogP contribution < -0.4 is 19.7 Å². The minimum Gasteiger partial charge on any atom is -0.488 e. The highest BCUT2D eigenvalue weighted by molar-refractivity contribution is 5.91. The van der Waals surface area contributed by atoms with E-state index < -0.39 is 0 Å². The van der Waals surface area contributed by atoms with Crippen LogP contribution in [0.15, 0.2) is 30.3 Å². The van der Waals surface area contributed by atoms with E-state index in [2.05, 4.69) is 15.1 Å². The lowest BCUT2D eigenvalue weighted by Gasteiger charge is -2.35. The average molecular weight is 548 g/mol. The van der Waals surface area contributed by atoms with Crippen molar-refractivity contribution in [1.82, 2.24) is 14.9 Å². The summed E-state index contributed by atoms with van der Waals surface area (Å²) in [5, 5.41) is 3.91. The molecule has 8 heteroatoms. The third-order valence-electron chi connectivity index (χ3n) is 8.70. The molecule has 7 nitrogen and oxygen atoms in total. The van der Waals surface area contributed by atoms with E-state index in [0.29, 0.717) is 24.3 Å². The molecule has 2 fully saturated rings. The van der Waals surface area contributed by atoms with E-state index >= 15 is 0 Å². The van der Waals surface area contributed by atoms with Crippen molar-refractivity contribution in [2.24, 2.45) is 0 Å². The van der Waals surface area contributed by atoms with Gasteiger partial charge in [0.05, 0.1) is 24.9 Å². The Morgan fingerprint density at radius 3 is 2.60 bits per heavy atom. The van der Waals surface area contributed by atoms with Crippen LogP contribution in [0.2, 0.25) is 0 Å². The summed E-state index contributed by atoms with van der Waals surface area (Å²) in [6.45, 7) is 5.89. The van der Waals surface area contributed by atoms with E-state index in [1.807, 2.05) is 12.1 Å². The molecule has 3 aromatic rings. The fraction of sp³-hybridized carbons (Fsp3) is 0.562. The zero-order chi connectivity index (χ0) is 27.3. The van der Waals surface area contributed by atoms with E-state index in [9.17, 15) is 4.39 Å². The van der Waals surface area contributed by atoms with Crippen LogP contribution in [-0.2, 0) is 12.8 Å². The summed E-state index contributed by atoms with van der Waals surface area (Å²) in [5.74, 6) is 1.01. The highest BCUT2D eigenvalue weighted by Crippen LogP contribution is 2.37. The van der Waals surface area contributed by atoms with Crippen LogP contribution in [-0.4, -0.2) is 67.4 Å². The molecule has 1 aliphatic carbocycles. The van der Waals surface area contributed by atoms with Crippen molar-refractivity contribution in [3.63, 3.8) is 0 Å². The zero-order valence-corrected chi connectivity index (χ0v) is 23.8. The number of methoxy groups -OCH3 is 1. The Morgan fingerprint density at radius 1 is 0.975 bits per heavy atom. The first-order valence-corrected chi connectivity index (χ1v) is 15.2. The monoisotopic (exact) mass is 547 g/mol. The lowest BCUT2D eigenvalue weighted by atomic mass is 10.00. The van der Waals surface area contributed by atoms with Gasteiger partial charge < -0.3 is 24.6 Å². The summed E-state index contributed by atoms with van der Waals surface area (Å²) >= 11 is 0. The predicted molar refractivity (Wildman–Crippen MR) is 158 cm³/mol. The summed E-state index contributed by atoms with van der Waals surface area (Å²) in [7, 11) is 1.66. The summed E-state index contributed by atoms with van der Waals surface area (Å²) in [5.41, 5.74) is 6.32. The number of aryl methyl sites for hydroxylation is 1. The topological polar surface area (TPSA) is 62.8 Å². The first-order valence-electron chi connectivity index (χ1n) is 15.2. The molecule has 0 bridgehead atoms. The van der Waals surface area contributed by atoms with E-state index in [0.717, 1.165) is 74.1 Å². The number of halogens is 1. The summed E-state index contributed by atoms with van der Waals surface area (Å²) < 4.78 is 25.7. The highest BCUT2D eigenvalue weighted by Gasteiger charge is 2.25. The van der Waals surface area contributed by atoms with Crippen molar-refractivity contribution in [3.05, 3.63) is 47.4 Å². The van der Waals surface area contributed by atoms with Crippen LogP contribution in [0.3, 0.4) is 0 Å². The number of hydrogen-bond donors (Lipinski definition) is 1. The standard InChI is InChI=1S/C32H42FN5O2/c1-39-32-29(40-20-8-17-37-15-5-6-16-37)22-28-31(36-32)30(26-11-3-2-4-12-27(26)35-28)34-24-13-18-38(19-14-24)25-10-7-9-23(33)21-25/h7,9-10,21-22,24H,2-6,8,11-20H2,1H3,(H,34,35). The van der Waals surface area contributed by atoms with Crippen molar-refractivity contribution < 1.29 is 13.9 Å². The van der Waals surface area contributed by atoms with Crippen LogP contribution in [0.25, 0.3) is 11.0 Å². The van der Waals surface area contributed by atoms with E-state index in [1.165, 1.54) is 62.5 Å². The Balaban J connectivity index is 1.22. The molecule has 2 aromatic heterocycles. The summed E-state index contributed by atoms with van der Waals surface area (Å²) in [4.78, 5) is 14.9. The lowest BCUT2D eigenvalue weighted by molar-refractivity contribution is 0.252. The number of hydrogen-bond acceptors (Lipinski definition) is 7. The van der Waals surface area contributed by atoms with Gasteiger partial charge in [-0.2, -0.15) is 0 Å². The Hall–Kier alpha value is -3.13. The summed E-state index contributed by atoms with van der Waals surface area (Å²) in [6.07, 6.45) is 11.1. The number of aromatic nitrogens is 2. The van der Waals surface area contributed by atoms with E-state index in [4.69, 9.17) is 19.4 Å². The first kappa shape index (κ1) is 27.1. The number of anilines is 2. The maximum atomic E-state index is 13.8. The normalized spacial score (nSPS) is 18.5. The van der Waals surface area contributed by atoms with Crippen LogP contribution in [0.5, 0.6) is 11.6 Å². The van der Waals surface area contributed by atoms with Gasteiger partial charge in [-0.1, -0.05) is 12.5 Å². The SMILES string of the molecule is COc1nc2c(NC3CCN(c4cccc(F)c4)CC3)c3c(nc2cc1OCCCN1CCCC1)CCCCC3. The fourth-order valence-electron chi connectivity index (χ4n) is 6.53. The van der Waals surface area contributed by atoms with Gasteiger partial charge in [0.1, 0.15) is 11.3 Å². The molecule has 1 aromatic carbocycles. The number of ether oxygens (including phenoxy) is 2. The maximum absolute atomic E-state index is 13.8. The van der Waals surface area contributed by atoms with E-state index in [1.54, 1.807) is 19.2 Å². The number of rotatable bonds is 9. The van der Waals surface area contributed by atoms with Gasteiger partial charge in [0.25, 0.3) is 5.88 Å². The van der Waals surface area contributed by atoms with Gasteiger partial charge in [-0.15, -0.1) is 0 Å². The predicted octanol–water partition coefficient (Wildman–Crippen LogP) is 5.99. The largest absolute Gasteiger partial charge is 0.488 e. The molecule has 2 saturated heterocycles. The number of nitrogens with one attached hydrogen (secondary N) is 1. The van der Waals surface area contributed by atoms with Gasteiger partial charge >= 0.3 is 0 Å². The Kier molecular flexibility index (Phi) is 8.51. The molecule has 1 N–H and O–H groups in total. The molecule has 0 saturated carbocycles. The van der Waals surface area contributed by atoms with Crippen LogP contribution in [0.1, 0.15) is 62.6 Å². The number of pyridine rings is 2. The molecule has 214 valence electrons. The molecular weight excluding hydrogens is 505 g/mol. The smallest absolute Gasteiger partial charge is 0.257 e. The Bertz CT molecular complexity index is 1300. The number of fused-ring (bicyclic) bond motifs is 2. The van der Waals surface area contributed by atoms with Crippen molar-refractivity contribution in [2.45, 2.75) is 70.3 Å². The third-order valence-corrected chi connectivity index (χ3v) is 8.70. The minimum atomic E-state index is -0.182. The zero-order valence-electron chi connectivity index (χ0n) is 23.8. The second kappa shape index (κ2) is 12.6. The molecule has 6 rings (SSSR count). The fourth-order valence-corrected chi connectivity index (χ4v) is 6.53. The van der Waals surface area contributed by atoms with Gasteiger partial charge in [0, 0.05) is 43.1 Å². The molecular formula is C32H42FN5O2. The Morgan fingerprint density at radius 2 is 1.80 bits per heavy atom. The van der Waals surface area contributed by atoms with Gasteiger partial charge in [-0.05, 0) is 94.6 Å². The number of likely N-dealkylation sites (tertiary alicyclic amines) is 1. The van der Waals surface area contributed by atoms with Gasteiger partial charge in [0.2, 0.25) is 0 Å². The molecule has 0 unspecified atom stereocenters. The van der Waals surface area contributed by atoms with Gasteiger partial charge in [-0.25, -0.2) is 9.37 Å². The quantitative estimate of drug-likeness (QED) is 0.261. The number of piperidine rings is 1. The highest BCUT2D eigenvalue weighted by atomic mass is 19.1. The first-order chi connectivity index (χ1) is 19.7. The molecule has 0 amide bonds. The molecule has 3 aliphatic rings. The summed E-state index contributed by atoms with van der Waals surface area (Å²) in [6, 6.07) is 9.27. The molecule has 0 radical (unpaired) electrons. The molecule has 2 aliphatic heterocycles. The van der Waals surface area contributed by atoms with Crippen molar-refractivity contribution in [1.29, 1.82) is 0 Å². The number of nitrogens with zero attached hydrogens (tertiary/aromatic N) is 4. The van der Waals surface area contributed by atoms with E-state index in [-0.39, 0.29) is 5.82 Å². The minimum absolute atomic E-state index is 0.182. The third kappa shape index (κ3) is 6.12. The van der Waals surface area contributed by atoms with Gasteiger partial charge in [-0.3, -0.25) is 4.98 Å². The molecule has 0 spiro atoms. The average Bonchev–Trinajstić information content (AvgIpc) is 3.39. The Labute approximate surface area is 237 Å². The van der Waals surface area contributed by atoms with Crippen molar-refractivity contribution >= 4 is 22.4 Å². The van der Waals surface area contributed by atoms with Gasteiger partial charge in [0.15, 0.2) is 5.75 Å².